The highest BCUT2D eigenvalue weighted by Gasteiger charge is 2.40. The van der Waals surface area contributed by atoms with Crippen LogP contribution in [0.2, 0.25) is 0 Å². The summed E-state index contributed by atoms with van der Waals surface area (Å²) < 4.78 is 26.9. The van der Waals surface area contributed by atoms with Gasteiger partial charge in [0, 0.05) is 25.7 Å². The average molecular weight is 401 g/mol. The van der Waals surface area contributed by atoms with Gasteiger partial charge in [-0.1, -0.05) is 18.2 Å². The normalized spacial score (nSPS) is 16.4. The molecule has 0 atom stereocenters. The molecule has 3 rings (SSSR count). The highest BCUT2D eigenvalue weighted by molar-refractivity contribution is 7.92. The number of carbonyl (C=O) groups excluding carboxylic acids is 2. The zero-order valence-electron chi connectivity index (χ0n) is 16.0. The molecule has 0 aromatic heterocycles. The minimum atomic E-state index is -3.75. The van der Waals surface area contributed by atoms with Crippen LogP contribution in [0.1, 0.15) is 24.2 Å². The molecule has 1 heterocycles. The Labute approximate surface area is 165 Å². The van der Waals surface area contributed by atoms with Gasteiger partial charge in [0.2, 0.25) is 5.91 Å². The Morgan fingerprint density at radius 1 is 1.07 bits per heavy atom. The van der Waals surface area contributed by atoms with E-state index < -0.39 is 15.6 Å². The van der Waals surface area contributed by atoms with Crippen molar-refractivity contribution in [1.82, 2.24) is 10.2 Å². The molecule has 2 amide bonds. The van der Waals surface area contributed by atoms with E-state index in [1.54, 1.807) is 38.1 Å². The summed E-state index contributed by atoms with van der Waals surface area (Å²) in [7, 11) is -2.26. The maximum atomic E-state index is 12.9. The van der Waals surface area contributed by atoms with Gasteiger partial charge in [-0.15, -0.1) is 0 Å². The maximum absolute atomic E-state index is 12.9. The molecule has 0 bridgehead atoms. The van der Waals surface area contributed by atoms with Crippen molar-refractivity contribution >= 4 is 27.5 Å². The van der Waals surface area contributed by atoms with Gasteiger partial charge in [0.25, 0.3) is 15.9 Å². The number of piperazine rings is 1. The molecule has 0 aliphatic carbocycles. The highest BCUT2D eigenvalue weighted by Crippen LogP contribution is 2.24. The fraction of sp³-hybridized carbons (Fsp3) is 0.300. The van der Waals surface area contributed by atoms with Crippen molar-refractivity contribution in [3.63, 3.8) is 0 Å². The number of anilines is 1. The van der Waals surface area contributed by atoms with Gasteiger partial charge in [0.1, 0.15) is 5.54 Å². The highest BCUT2D eigenvalue weighted by atomic mass is 32.2. The summed E-state index contributed by atoms with van der Waals surface area (Å²) in [4.78, 5) is 26.5. The number of hydrogen-bond donors (Lipinski definition) is 1. The predicted octanol–water partition coefficient (Wildman–Crippen LogP) is 1.86. The Morgan fingerprint density at radius 3 is 2.29 bits per heavy atom. The largest absolute Gasteiger partial charge is 0.352 e. The maximum Gasteiger partial charge on any atom is 0.264 e. The van der Waals surface area contributed by atoms with Gasteiger partial charge < -0.3 is 10.2 Å². The van der Waals surface area contributed by atoms with Crippen LogP contribution in [-0.2, 0) is 14.8 Å². The van der Waals surface area contributed by atoms with Gasteiger partial charge in [-0.25, -0.2) is 8.42 Å². The Bertz CT molecular complexity index is 986. The topological polar surface area (TPSA) is 86.8 Å². The lowest BCUT2D eigenvalue weighted by molar-refractivity contribution is -0.133. The van der Waals surface area contributed by atoms with Crippen LogP contribution in [0.25, 0.3) is 0 Å². The van der Waals surface area contributed by atoms with Crippen LogP contribution < -0.4 is 9.62 Å². The predicted molar refractivity (Wildman–Crippen MR) is 107 cm³/mol. The van der Waals surface area contributed by atoms with E-state index in [0.29, 0.717) is 24.3 Å². The van der Waals surface area contributed by atoms with Crippen LogP contribution >= 0.6 is 0 Å². The molecule has 8 heteroatoms. The lowest BCUT2D eigenvalue weighted by Gasteiger charge is -2.41. The SMILES string of the molecule is CN(c1ccccc1)S(=O)(=O)c1ccc(C(=O)N2CCNC(=O)C2(C)C)cc1. The second-order valence-corrected chi connectivity index (χ2v) is 9.07. The van der Waals surface area contributed by atoms with Gasteiger partial charge >= 0.3 is 0 Å². The molecule has 148 valence electrons. The number of hydrogen-bond acceptors (Lipinski definition) is 4. The monoisotopic (exact) mass is 401 g/mol. The summed E-state index contributed by atoms with van der Waals surface area (Å²) in [6, 6.07) is 14.6. The first kappa shape index (κ1) is 19.9. The van der Waals surface area contributed by atoms with Gasteiger partial charge in [-0.05, 0) is 50.2 Å². The average Bonchev–Trinajstić information content (AvgIpc) is 2.69. The third kappa shape index (κ3) is 3.47. The zero-order valence-corrected chi connectivity index (χ0v) is 16.9. The molecule has 0 spiro atoms. The van der Waals surface area contributed by atoms with Gasteiger partial charge in [0.05, 0.1) is 10.6 Å². The van der Waals surface area contributed by atoms with Gasteiger partial charge in [-0.2, -0.15) is 0 Å². The molecule has 0 radical (unpaired) electrons. The minimum Gasteiger partial charge on any atom is -0.352 e. The van der Waals surface area contributed by atoms with Crippen molar-refractivity contribution in [2.24, 2.45) is 0 Å². The number of nitrogens with zero attached hydrogens (tertiary/aromatic N) is 2. The smallest absolute Gasteiger partial charge is 0.264 e. The van der Waals surface area contributed by atoms with Crippen LogP contribution in [0.15, 0.2) is 59.5 Å². The number of sulfonamides is 1. The molecular formula is C20H23N3O4S. The van der Waals surface area contributed by atoms with Crippen molar-refractivity contribution in [2.45, 2.75) is 24.3 Å². The molecule has 1 N–H and O–H groups in total. The Balaban J connectivity index is 1.85. The van der Waals surface area contributed by atoms with Crippen molar-refractivity contribution in [3.05, 3.63) is 60.2 Å². The van der Waals surface area contributed by atoms with E-state index in [9.17, 15) is 18.0 Å². The van der Waals surface area contributed by atoms with Crippen molar-refractivity contribution in [3.8, 4) is 0 Å². The summed E-state index contributed by atoms with van der Waals surface area (Å²) in [5.74, 6) is -0.518. The molecule has 1 aliphatic rings. The number of carbonyl (C=O) groups is 2. The van der Waals surface area contributed by atoms with Crippen molar-refractivity contribution in [2.75, 3.05) is 24.4 Å². The molecule has 1 fully saturated rings. The number of benzene rings is 2. The molecule has 2 aromatic rings. The standard InChI is InChI=1S/C20H23N3O4S/c1-20(2)19(25)21-13-14-23(20)18(24)15-9-11-17(12-10-15)28(26,27)22(3)16-7-5-4-6-8-16/h4-12H,13-14H2,1-3H3,(H,21,25). The fourth-order valence-electron chi connectivity index (χ4n) is 3.12. The van der Waals surface area contributed by atoms with E-state index in [-0.39, 0.29) is 16.7 Å². The molecule has 0 unspecified atom stereocenters. The fourth-order valence-corrected chi connectivity index (χ4v) is 4.31. The van der Waals surface area contributed by atoms with Crippen LogP contribution in [0.5, 0.6) is 0 Å². The third-order valence-electron chi connectivity index (χ3n) is 4.98. The van der Waals surface area contributed by atoms with Gasteiger partial charge in [0.15, 0.2) is 0 Å². The second-order valence-electron chi connectivity index (χ2n) is 7.10. The summed E-state index contributed by atoms with van der Waals surface area (Å²) >= 11 is 0. The molecule has 2 aromatic carbocycles. The van der Waals surface area contributed by atoms with Crippen LogP contribution in [0, 0.1) is 0 Å². The quantitative estimate of drug-likeness (QED) is 0.847. The van der Waals surface area contributed by atoms with E-state index in [1.807, 2.05) is 6.07 Å². The number of rotatable bonds is 4. The minimum absolute atomic E-state index is 0.0889. The molecule has 7 nitrogen and oxygen atoms in total. The first-order chi connectivity index (χ1) is 13.2. The summed E-state index contributed by atoms with van der Waals surface area (Å²) in [6.07, 6.45) is 0. The summed E-state index contributed by atoms with van der Waals surface area (Å²) in [6.45, 7) is 4.16. The molecule has 28 heavy (non-hydrogen) atoms. The first-order valence-electron chi connectivity index (χ1n) is 8.90. The Morgan fingerprint density at radius 2 is 1.68 bits per heavy atom. The van der Waals surface area contributed by atoms with E-state index in [2.05, 4.69) is 5.32 Å². The van der Waals surface area contributed by atoms with E-state index in [0.717, 1.165) is 0 Å². The third-order valence-corrected chi connectivity index (χ3v) is 6.78. The molecular weight excluding hydrogens is 378 g/mol. The van der Waals surface area contributed by atoms with Gasteiger partial charge in [-0.3, -0.25) is 13.9 Å². The zero-order chi connectivity index (χ0) is 20.5. The van der Waals surface area contributed by atoms with Crippen LogP contribution in [-0.4, -0.2) is 50.8 Å². The van der Waals surface area contributed by atoms with Crippen molar-refractivity contribution < 1.29 is 18.0 Å². The summed E-state index contributed by atoms with van der Waals surface area (Å²) in [5.41, 5.74) is -0.0824. The number of amides is 2. The first-order valence-corrected chi connectivity index (χ1v) is 10.3. The van der Waals surface area contributed by atoms with Crippen LogP contribution in [0.3, 0.4) is 0 Å². The lowest BCUT2D eigenvalue weighted by Crippen LogP contribution is -2.63. The molecule has 1 aliphatic heterocycles. The Hall–Kier alpha value is -2.87. The Kier molecular flexibility index (Phi) is 5.16. The summed E-state index contributed by atoms with van der Waals surface area (Å²) in [5, 5.41) is 2.75. The lowest BCUT2D eigenvalue weighted by atomic mass is 9.97. The molecule has 1 saturated heterocycles. The second kappa shape index (κ2) is 7.27. The van der Waals surface area contributed by atoms with Crippen LogP contribution in [0.4, 0.5) is 5.69 Å². The number of para-hydroxylation sites is 1. The van der Waals surface area contributed by atoms with E-state index >= 15 is 0 Å². The van der Waals surface area contributed by atoms with E-state index in [1.165, 1.54) is 40.5 Å². The number of nitrogens with one attached hydrogen (secondary N) is 1. The molecule has 0 saturated carbocycles. The van der Waals surface area contributed by atoms with E-state index in [4.69, 9.17) is 0 Å². The van der Waals surface area contributed by atoms with Crippen molar-refractivity contribution in [1.29, 1.82) is 0 Å².